The minimum Gasteiger partial charge on any atom is -0.466 e. The van der Waals surface area contributed by atoms with E-state index in [1.165, 1.54) is 0 Å². The molecule has 1 rings (SSSR count). The maximum Gasteiger partial charge on any atom is 0.330 e. The second kappa shape index (κ2) is 10.2. The van der Waals surface area contributed by atoms with E-state index < -0.39 is 5.97 Å². The Labute approximate surface area is 95.0 Å². The third kappa shape index (κ3) is 9.21. The highest BCUT2D eigenvalue weighted by atomic mass is 16.5. The first-order valence-electron chi connectivity index (χ1n) is 5.26. The van der Waals surface area contributed by atoms with Gasteiger partial charge in [0.1, 0.15) is 6.61 Å². The number of ether oxygens (including phenoxy) is 2. The lowest BCUT2D eigenvalue weighted by Crippen LogP contribution is -2.04. The summed E-state index contributed by atoms with van der Waals surface area (Å²) in [6, 6.07) is 0. The molecule has 16 heavy (non-hydrogen) atoms. The molecule has 1 aliphatic heterocycles. The van der Waals surface area contributed by atoms with Crippen LogP contribution in [0.4, 0.5) is 0 Å². The summed E-state index contributed by atoms with van der Waals surface area (Å²) in [5.41, 5.74) is 0. The molecule has 0 saturated carbocycles. The minimum atomic E-state index is -0.501. The number of cyclic esters (lactones) is 1. The van der Waals surface area contributed by atoms with Crippen molar-refractivity contribution in [2.45, 2.75) is 25.7 Å². The molecule has 0 amide bonds. The molecule has 5 nitrogen and oxygen atoms in total. The Morgan fingerprint density at radius 2 is 2.25 bits per heavy atom. The van der Waals surface area contributed by atoms with E-state index in [0.717, 1.165) is 25.3 Å². The number of carbonyl (C=O) groups is 2. The molecular weight excluding hydrogens is 212 g/mol. The molecular formula is C11H18O5. The SMILES string of the molecule is C=CC(=O)OCCO.O=C1CCCCCO1. The van der Waals surface area contributed by atoms with Gasteiger partial charge >= 0.3 is 11.9 Å². The van der Waals surface area contributed by atoms with Crippen LogP contribution in [0.15, 0.2) is 12.7 Å². The van der Waals surface area contributed by atoms with Gasteiger partial charge in [-0.05, 0) is 19.3 Å². The maximum absolute atomic E-state index is 10.5. The number of aliphatic hydroxyl groups excluding tert-OH is 1. The highest BCUT2D eigenvalue weighted by molar-refractivity contribution is 5.81. The van der Waals surface area contributed by atoms with Crippen molar-refractivity contribution in [3.8, 4) is 0 Å². The van der Waals surface area contributed by atoms with Gasteiger partial charge in [-0.2, -0.15) is 0 Å². The smallest absolute Gasteiger partial charge is 0.330 e. The summed E-state index contributed by atoms with van der Waals surface area (Å²) < 4.78 is 9.10. The van der Waals surface area contributed by atoms with Crippen LogP contribution in [-0.2, 0) is 19.1 Å². The van der Waals surface area contributed by atoms with Crippen LogP contribution in [0, 0.1) is 0 Å². The largest absolute Gasteiger partial charge is 0.466 e. The summed E-state index contributed by atoms with van der Waals surface area (Å²) in [5.74, 6) is -0.526. The van der Waals surface area contributed by atoms with E-state index in [-0.39, 0.29) is 19.2 Å². The zero-order chi connectivity index (χ0) is 12.2. The molecule has 5 heteroatoms. The zero-order valence-corrected chi connectivity index (χ0v) is 9.31. The molecule has 1 heterocycles. The van der Waals surface area contributed by atoms with Crippen molar-refractivity contribution in [1.82, 2.24) is 0 Å². The Kier molecular flexibility index (Phi) is 9.30. The van der Waals surface area contributed by atoms with Crippen LogP contribution in [0.2, 0.25) is 0 Å². The third-order valence-electron chi connectivity index (χ3n) is 1.79. The topological polar surface area (TPSA) is 72.8 Å². The van der Waals surface area contributed by atoms with E-state index in [4.69, 9.17) is 9.84 Å². The fraction of sp³-hybridized carbons (Fsp3) is 0.636. The quantitative estimate of drug-likeness (QED) is 0.573. The first-order chi connectivity index (χ1) is 7.70. The van der Waals surface area contributed by atoms with Crippen molar-refractivity contribution in [3.05, 3.63) is 12.7 Å². The molecule has 1 saturated heterocycles. The summed E-state index contributed by atoms with van der Waals surface area (Å²) in [6.45, 7) is 3.70. The van der Waals surface area contributed by atoms with Crippen molar-refractivity contribution < 1.29 is 24.2 Å². The Hall–Kier alpha value is -1.36. The zero-order valence-electron chi connectivity index (χ0n) is 9.31. The molecule has 0 radical (unpaired) electrons. The van der Waals surface area contributed by atoms with Gasteiger partial charge in [0.15, 0.2) is 0 Å². The lowest BCUT2D eigenvalue weighted by Gasteiger charge is -1.94. The van der Waals surface area contributed by atoms with Crippen molar-refractivity contribution >= 4 is 11.9 Å². The molecule has 0 atom stereocenters. The Morgan fingerprint density at radius 1 is 1.50 bits per heavy atom. The minimum absolute atomic E-state index is 0.0255. The molecule has 0 aliphatic carbocycles. The standard InChI is InChI=1S/C6H10O2.C5H8O3/c7-6-4-2-1-3-5-8-6;1-2-5(7)8-4-3-6/h1-5H2;2,6H,1,3-4H2. The molecule has 0 bridgehead atoms. The van der Waals surface area contributed by atoms with Gasteiger partial charge in [-0.25, -0.2) is 4.79 Å². The second-order valence-electron chi connectivity index (χ2n) is 3.13. The van der Waals surface area contributed by atoms with Crippen molar-refractivity contribution in [1.29, 1.82) is 0 Å². The van der Waals surface area contributed by atoms with Crippen LogP contribution in [0.5, 0.6) is 0 Å². The number of aliphatic hydroxyl groups is 1. The van der Waals surface area contributed by atoms with Crippen LogP contribution in [-0.4, -0.2) is 36.9 Å². The van der Waals surface area contributed by atoms with Gasteiger partial charge in [-0.1, -0.05) is 6.58 Å². The van der Waals surface area contributed by atoms with E-state index >= 15 is 0 Å². The van der Waals surface area contributed by atoms with E-state index in [0.29, 0.717) is 13.0 Å². The van der Waals surface area contributed by atoms with Crippen molar-refractivity contribution in [2.75, 3.05) is 19.8 Å². The van der Waals surface area contributed by atoms with Crippen molar-refractivity contribution in [2.24, 2.45) is 0 Å². The summed E-state index contributed by atoms with van der Waals surface area (Å²) >= 11 is 0. The van der Waals surface area contributed by atoms with E-state index in [2.05, 4.69) is 11.3 Å². The third-order valence-corrected chi connectivity index (χ3v) is 1.79. The van der Waals surface area contributed by atoms with Crippen LogP contribution in [0.25, 0.3) is 0 Å². The van der Waals surface area contributed by atoms with Gasteiger partial charge in [0.25, 0.3) is 0 Å². The lowest BCUT2D eigenvalue weighted by molar-refractivity contribution is -0.142. The first kappa shape index (κ1) is 14.6. The van der Waals surface area contributed by atoms with Gasteiger partial charge in [0, 0.05) is 12.5 Å². The number of hydrogen-bond acceptors (Lipinski definition) is 5. The first-order valence-corrected chi connectivity index (χ1v) is 5.26. The van der Waals surface area contributed by atoms with Gasteiger partial charge in [0.2, 0.25) is 0 Å². The average molecular weight is 230 g/mol. The van der Waals surface area contributed by atoms with Crippen LogP contribution in [0.3, 0.4) is 0 Å². The Morgan fingerprint density at radius 3 is 2.88 bits per heavy atom. The molecule has 0 spiro atoms. The maximum atomic E-state index is 10.5. The highest BCUT2D eigenvalue weighted by Crippen LogP contribution is 2.06. The van der Waals surface area contributed by atoms with Gasteiger partial charge < -0.3 is 14.6 Å². The molecule has 0 aromatic rings. The highest BCUT2D eigenvalue weighted by Gasteiger charge is 2.05. The molecule has 0 aromatic carbocycles. The van der Waals surface area contributed by atoms with E-state index in [1.54, 1.807) is 0 Å². The number of carbonyl (C=O) groups excluding carboxylic acids is 2. The van der Waals surface area contributed by atoms with Gasteiger partial charge in [-0.3, -0.25) is 4.79 Å². The predicted octanol–water partition coefficient (Wildman–Crippen LogP) is 0.811. The summed E-state index contributed by atoms with van der Waals surface area (Å²) in [5, 5.41) is 8.10. The molecule has 92 valence electrons. The summed E-state index contributed by atoms with van der Waals surface area (Å²) in [4.78, 5) is 20.6. The van der Waals surface area contributed by atoms with E-state index in [1.807, 2.05) is 0 Å². The van der Waals surface area contributed by atoms with Crippen LogP contribution >= 0.6 is 0 Å². The molecule has 1 N–H and O–H groups in total. The van der Waals surface area contributed by atoms with Crippen LogP contribution in [0.1, 0.15) is 25.7 Å². The van der Waals surface area contributed by atoms with E-state index in [9.17, 15) is 9.59 Å². The van der Waals surface area contributed by atoms with Crippen molar-refractivity contribution in [3.63, 3.8) is 0 Å². The monoisotopic (exact) mass is 230 g/mol. The summed E-state index contributed by atoms with van der Waals surface area (Å²) in [6.07, 6.45) is 4.88. The fourth-order valence-corrected chi connectivity index (χ4v) is 1.01. The Bertz CT molecular complexity index is 214. The predicted molar refractivity (Wildman–Crippen MR) is 57.7 cm³/mol. The van der Waals surface area contributed by atoms with Crippen LogP contribution < -0.4 is 0 Å². The molecule has 0 aromatic heterocycles. The average Bonchev–Trinajstić information content (AvgIpc) is 2.54. The Balaban J connectivity index is 0.000000281. The number of esters is 2. The van der Waals surface area contributed by atoms with Gasteiger partial charge in [-0.15, -0.1) is 0 Å². The normalized spacial score (nSPS) is 14.9. The second-order valence-corrected chi connectivity index (χ2v) is 3.13. The number of rotatable bonds is 3. The molecule has 1 aliphatic rings. The summed E-state index contributed by atoms with van der Waals surface area (Å²) in [7, 11) is 0. The van der Waals surface area contributed by atoms with Gasteiger partial charge in [0.05, 0.1) is 13.2 Å². The lowest BCUT2D eigenvalue weighted by atomic mass is 10.2. The number of hydrogen-bond donors (Lipinski definition) is 1. The molecule has 1 fully saturated rings. The molecule has 0 unspecified atom stereocenters. The fourth-order valence-electron chi connectivity index (χ4n) is 1.01.